The van der Waals surface area contributed by atoms with Crippen molar-refractivity contribution < 1.29 is 22.7 Å². The zero-order valence-corrected chi connectivity index (χ0v) is 13.3. The highest BCUT2D eigenvalue weighted by Gasteiger charge is 2.14. The molecular weight excluding hydrogens is 345 g/mol. The zero-order valence-electron chi connectivity index (χ0n) is 13.3. The maximum Gasteiger partial charge on any atom is 0.269 e. The van der Waals surface area contributed by atoms with Crippen molar-refractivity contribution in [3.05, 3.63) is 89.7 Å². The van der Waals surface area contributed by atoms with Gasteiger partial charge in [-0.2, -0.15) is 0 Å². The van der Waals surface area contributed by atoms with Crippen LogP contribution in [0, 0.1) is 17.5 Å². The Kier molecular flexibility index (Phi) is 5.07. The van der Waals surface area contributed by atoms with E-state index in [0.29, 0.717) is 11.5 Å². The second kappa shape index (κ2) is 7.60. The molecule has 132 valence electrons. The molecular formula is C19H13F3N2O2. The summed E-state index contributed by atoms with van der Waals surface area (Å²) in [4.78, 5) is 12.2. The van der Waals surface area contributed by atoms with Gasteiger partial charge in [0.1, 0.15) is 11.5 Å². The first kappa shape index (κ1) is 17.3. The van der Waals surface area contributed by atoms with Crippen molar-refractivity contribution in [3.8, 4) is 11.5 Å². The summed E-state index contributed by atoms with van der Waals surface area (Å²) >= 11 is 0. The van der Waals surface area contributed by atoms with Gasteiger partial charge in [-0.05, 0) is 42.5 Å². The Labute approximate surface area is 147 Å². The summed E-state index contributed by atoms with van der Waals surface area (Å²) < 4.78 is 45.3. The van der Waals surface area contributed by atoms with Crippen LogP contribution in [-0.4, -0.2) is 5.91 Å². The van der Waals surface area contributed by atoms with Crippen molar-refractivity contribution in [2.24, 2.45) is 0 Å². The summed E-state index contributed by atoms with van der Waals surface area (Å²) in [6, 6.07) is 17.0. The van der Waals surface area contributed by atoms with Gasteiger partial charge < -0.3 is 4.74 Å². The van der Waals surface area contributed by atoms with Gasteiger partial charge in [0.15, 0.2) is 17.5 Å². The molecule has 3 rings (SSSR count). The van der Waals surface area contributed by atoms with Crippen molar-refractivity contribution in [1.82, 2.24) is 5.43 Å². The van der Waals surface area contributed by atoms with Crippen LogP contribution in [0.2, 0.25) is 0 Å². The number of hydrogen-bond donors (Lipinski definition) is 2. The minimum absolute atomic E-state index is 0.230. The van der Waals surface area contributed by atoms with Gasteiger partial charge >= 0.3 is 0 Å². The predicted octanol–water partition coefficient (Wildman–Crippen LogP) is 4.65. The van der Waals surface area contributed by atoms with Crippen molar-refractivity contribution in [2.75, 3.05) is 5.43 Å². The Bertz CT molecular complexity index is 933. The molecule has 0 heterocycles. The number of anilines is 1. The molecule has 7 heteroatoms. The third-order valence-electron chi connectivity index (χ3n) is 3.42. The predicted molar refractivity (Wildman–Crippen MR) is 90.4 cm³/mol. The van der Waals surface area contributed by atoms with E-state index in [4.69, 9.17) is 4.74 Å². The minimum atomic E-state index is -1.62. The number of amides is 1. The minimum Gasteiger partial charge on any atom is -0.457 e. The quantitative estimate of drug-likeness (QED) is 0.515. The number of hydrazine groups is 1. The molecule has 3 aromatic carbocycles. The molecule has 2 N–H and O–H groups in total. The molecule has 0 aliphatic heterocycles. The van der Waals surface area contributed by atoms with E-state index >= 15 is 0 Å². The number of carbonyl (C=O) groups excluding carboxylic acids is 1. The standard InChI is InChI=1S/C19H13F3N2O2/c20-15-9-10-16(18(22)17(15)21)23-24-19(25)12-5-4-8-14(11-12)26-13-6-2-1-3-7-13/h1-11,23H,(H,24,25). The van der Waals surface area contributed by atoms with Crippen LogP contribution in [0.1, 0.15) is 10.4 Å². The maximum atomic E-state index is 13.6. The highest BCUT2D eigenvalue weighted by atomic mass is 19.2. The molecule has 4 nitrogen and oxygen atoms in total. The Hall–Kier alpha value is -3.48. The third kappa shape index (κ3) is 3.94. The molecule has 0 aliphatic rings. The third-order valence-corrected chi connectivity index (χ3v) is 3.42. The fourth-order valence-corrected chi connectivity index (χ4v) is 2.14. The van der Waals surface area contributed by atoms with E-state index in [2.05, 4.69) is 10.9 Å². The van der Waals surface area contributed by atoms with Crippen molar-refractivity contribution in [3.63, 3.8) is 0 Å². The van der Waals surface area contributed by atoms with Crippen LogP contribution in [-0.2, 0) is 0 Å². The van der Waals surface area contributed by atoms with Crippen LogP contribution in [0.15, 0.2) is 66.7 Å². The van der Waals surface area contributed by atoms with Gasteiger partial charge in [0.2, 0.25) is 0 Å². The van der Waals surface area contributed by atoms with Crippen LogP contribution in [0.3, 0.4) is 0 Å². The van der Waals surface area contributed by atoms with Gasteiger partial charge in [0.25, 0.3) is 5.91 Å². The van der Waals surface area contributed by atoms with Crippen LogP contribution < -0.4 is 15.6 Å². The highest BCUT2D eigenvalue weighted by Crippen LogP contribution is 2.22. The van der Waals surface area contributed by atoms with E-state index in [0.717, 1.165) is 12.1 Å². The molecule has 0 atom stereocenters. The Morgan fingerprint density at radius 3 is 2.31 bits per heavy atom. The number of benzene rings is 3. The van der Waals surface area contributed by atoms with E-state index in [-0.39, 0.29) is 5.56 Å². The summed E-state index contributed by atoms with van der Waals surface area (Å²) in [7, 11) is 0. The number of halogens is 3. The molecule has 0 bridgehead atoms. The fraction of sp³-hybridized carbons (Fsp3) is 0. The molecule has 26 heavy (non-hydrogen) atoms. The number of ether oxygens (including phenoxy) is 1. The van der Waals surface area contributed by atoms with Crippen LogP contribution >= 0.6 is 0 Å². The molecule has 3 aromatic rings. The van der Waals surface area contributed by atoms with Gasteiger partial charge in [0, 0.05) is 5.56 Å². The van der Waals surface area contributed by atoms with Crippen LogP contribution in [0.5, 0.6) is 11.5 Å². The molecule has 1 amide bonds. The highest BCUT2D eigenvalue weighted by molar-refractivity contribution is 5.95. The van der Waals surface area contributed by atoms with Gasteiger partial charge in [0.05, 0.1) is 5.69 Å². The SMILES string of the molecule is O=C(NNc1ccc(F)c(F)c1F)c1cccc(Oc2ccccc2)c1. The lowest BCUT2D eigenvalue weighted by molar-refractivity contribution is 0.0962. The smallest absolute Gasteiger partial charge is 0.269 e. The largest absolute Gasteiger partial charge is 0.457 e. The summed E-state index contributed by atoms with van der Waals surface area (Å²) in [6.45, 7) is 0. The van der Waals surface area contributed by atoms with Gasteiger partial charge in [-0.25, -0.2) is 13.2 Å². The molecule has 0 saturated heterocycles. The average Bonchev–Trinajstić information content (AvgIpc) is 2.66. The normalized spacial score (nSPS) is 10.3. The molecule has 0 fully saturated rings. The molecule has 0 radical (unpaired) electrons. The molecule has 0 unspecified atom stereocenters. The van der Waals surface area contributed by atoms with E-state index < -0.39 is 29.0 Å². The number of rotatable bonds is 5. The fourth-order valence-electron chi connectivity index (χ4n) is 2.14. The Balaban J connectivity index is 1.69. The van der Waals surface area contributed by atoms with E-state index in [1.165, 1.54) is 12.1 Å². The Morgan fingerprint density at radius 2 is 1.54 bits per heavy atom. The van der Waals surface area contributed by atoms with Crippen molar-refractivity contribution >= 4 is 11.6 Å². The number of para-hydroxylation sites is 1. The zero-order chi connectivity index (χ0) is 18.5. The van der Waals surface area contributed by atoms with Gasteiger partial charge in [-0.15, -0.1) is 0 Å². The second-order valence-corrected chi connectivity index (χ2v) is 5.24. The molecule has 0 aliphatic carbocycles. The summed E-state index contributed by atoms with van der Waals surface area (Å²) in [5, 5.41) is 0. The first-order chi connectivity index (χ1) is 12.5. The first-order valence-corrected chi connectivity index (χ1v) is 7.57. The van der Waals surface area contributed by atoms with E-state index in [9.17, 15) is 18.0 Å². The number of carbonyl (C=O) groups is 1. The maximum absolute atomic E-state index is 13.6. The van der Waals surface area contributed by atoms with E-state index in [1.54, 1.807) is 24.3 Å². The molecule has 0 saturated carbocycles. The number of hydrogen-bond acceptors (Lipinski definition) is 3. The van der Waals surface area contributed by atoms with Crippen molar-refractivity contribution in [2.45, 2.75) is 0 Å². The summed E-state index contributed by atoms with van der Waals surface area (Å²) in [5.41, 5.74) is 4.28. The van der Waals surface area contributed by atoms with Crippen LogP contribution in [0.25, 0.3) is 0 Å². The molecule has 0 aromatic heterocycles. The second-order valence-electron chi connectivity index (χ2n) is 5.24. The lowest BCUT2D eigenvalue weighted by Crippen LogP contribution is -2.30. The molecule has 0 spiro atoms. The topological polar surface area (TPSA) is 50.4 Å². The lowest BCUT2D eigenvalue weighted by Gasteiger charge is -2.11. The lowest BCUT2D eigenvalue weighted by atomic mass is 10.2. The summed E-state index contributed by atoms with van der Waals surface area (Å²) in [5.74, 6) is -3.93. The average molecular weight is 358 g/mol. The summed E-state index contributed by atoms with van der Waals surface area (Å²) in [6.07, 6.45) is 0. The first-order valence-electron chi connectivity index (χ1n) is 7.57. The van der Waals surface area contributed by atoms with Crippen LogP contribution in [0.4, 0.5) is 18.9 Å². The van der Waals surface area contributed by atoms with Gasteiger partial charge in [-0.3, -0.25) is 15.6 Å². The van der Waals surface area contributed by atoms with E-state index in [1.807, 2.05) is 18.2 Å². The monoisotopic (exact) mass is 358 g/mol. The van der Waals surface area contributed by atoms with Crippen molar-refractivity contribution in [1.29, 1.82) is 0 Å². The Morgan fingerprint density at radius 1 is 0.808 bits per heavy atom. The number of nitrogens with one attached hydrogen (secondary N) is 2. The van der Waals surface area contributed by atoms with Gasteiger partial charge in [-0.1, -0.05) is 24.3 Å².